The van der Waals surface area contributed by atoms with E-state index in [9.17, 15) is 9.59 Å². The average Bonchev–Trinajstić information content (AvgIpc) is 2.39. The normalized spacial score (nSPS) is 11.7. The summed E-state index contributed by atoms with van der Waals surface area (Å²) >= 11 is 0. The van der Waals surface area contributed by atoms with Crippen molar-refractivity contribution in [3.05, 3.63) is 30.1 Å². The average molecular weight is 267 g/mol. The molecule has 0 aromatic carbocycles. The van der Waals surface area contributed by atoms with Crippen molar-refractivity contribution in [2.24, 2.45) is 0 Å². The molecule has 0 bridgehead atoms. The molecule has 1 heterocycles. The summed E-state index contributed by atoms with van der Waals surface area (Å²) in [5, 5.41) is 20.0. The van der Waals surface area contributed by atoms with Gasteiger partial charge in [0, 0.05) is 39.0 Å². The van der Waals surface area contributed by atoms with Crippen LogP contribution in [0.1, 0.15) is 12.0 Å². The van der Waals surface area contributed by atoms with Gasteiger partial charge in [-0.2, -0.15) is 0 Å². The van der Waals surface area contributed by atoms with Crippen molar-refractivity contribution in [1.82, 2.24) is 15.2 Å². The van der Waals surface area contributed by atoms with Crippen LogP contribution >= 0.6 is 0 Å². The number of nitrogens with one attached hydrogen (secondary N) is 1. The summed E-state index contributed by atoms with van der Waals surface area (Å²) < 4.78 is 0. The fourth-order valence-electron chi connectivity index (χ4n) is 1.48. The van der Waals surface area contributed by atoms with Crippen LogP contribution < -0.4 is 5.32 Å². The Morgan fingerprint density at radius 2 is 2.26 bits per heavy atom. The first-order valence-corrected chi connectivity index (χ1v) is 5.78. The minimum atomic E-state index is -1.17. The van der Waals surface area contributed by atoms with Crippen LogP contribution in [-0.4, -0.2) is 51.8 Å². The van der Waals surface area contributed by atoms with E-state index in [-0.39, 0.29) is 13.0 Å². The monoisotopic (exact) mass is 267 g/mol. The van der Waals surface area contributed by atoms with Gasteiger partial charge in [-0.25, -0.2) is 9.59 Å². The molecule has 0 aliphatic carbocycles. The smallest absolute Gasteiger partial charge is 0.326 e. The number of aromatic nitrogens is 1. The Morgan fingerprint density at radius 3 is 2.79 bits per heavy atom. The number of hydrogen-bond acceptors (Lipinski definition) is 4. The summed E-state index contributed by atoms with van der Waals surface area (Å²) in [4.78, 5) is 27.9. The summed E-state index contributed by atoms with van der Waals surface area (Å²) in [6, 6.07) is 1.98. The van der Waals surface area contributed by atoms with Gasteiger partial charge in [-0.1, -0.05) is 6.07 Å². The molecule has 0 aliphatic heterocycles. The molecular formula is C12H17N3O4. The van der Waals surface area contributed by atoms with Gasteiger partial charge in [0.05, 0.1) is 0 Å². The van der Waals surface area contributed by atoms with Gasteiger partial charge >= 0.3 is 12.0 Å². The molecule has 7 nitrogen and oxygen atoms in total. The lowest BCUT2D eigenvalue weighted by molar-refractivity contribution is -0.139. The Morgan fingerprint density at radius 1 is 1.53 bits per heavy atom. The van der Waals surface area contributed by atoms with E-state index in [1.54, 1.807) is 25.5 Å². The summed E-state index contributed by atoms with van der Waals surface area (Å²) in [6.07, 6.45) is 3.24. The summed E-state index contributed by atoms with van der Waals surface area (Å²) in [7, 11) is 1.56. The molecule has 0 radical (unpaired) electrons. The van der Waals surface area contributed by atoms with Crippen molar-refractivity contribution in [1.29, 1.82) is 0 Å². The van der Waals surface area contributed by atoms with E-state index in [0.29, 0.717) is 6.54 Å². The Hall–Kier alpha value is -2.15. The molecule has 0 saturated heterocycles. The number of amides is 2. The maximum absolute atomic E-state index is 11.8. The van der Waals surface area contributed by atoms with Gasteiger partial charge in [0.1, 0.15) is 6.04 Å². The number of pyridine rings is 1. The molecule has 1 unspecified atom stereocenters. The molecule has 2 amide bonds. The van der Waals surface area contributed by atoms with Crippen LogP contribution in [0.25, 0.3) is 0 Å². The molecule has 1 atom stereocenters. The van der Waals surface area contributed by atoms with Crippen LogP contribution in [0.4, 0.5) is 4.79 Å². The molecule has 104 valence electrons. The van der Waals surface area contributed by atoms with E-state index in [2.05, 4.69) is 10.3 Å². The number of carboxylic acid groups (broad SMARTS) is 1. The van der Waals surface area contributed by atoms with Crippen molar-refractivity contribution in [2.75, 3.05) is 13.7 Å². The van der Waals surface area contributed by atoms with Crippen molar-refractivity contribution in [3.8, 4) is 0 Å². The molecular weight excluding hydrogens is 250 g/mol. The molecule has 3 N–H and O–H groups in total. The number of rotatable bonds is 6. The van der Waals surface area contributed by atoms with E-state index in [0.717, 1.165) is 5.56 Å². The van der Waals surface area contributed by atoms with Crippen molar-refractivity contribution in [3.63, 3.8) is 0 Å². The predicted molar refractivity (Wildman–Crippen MR) is 67.4 cm³/mol. The quantitative estimate of drug-likeness (QED) is 0.676. The second kappa shape index (κ2) is 7.32. The topological polar surface area (TPSA) is 103 Å². The zero-order valence-electron chi connectivity index (χ0n) is 10.6. The van der Waals surface area contributed by atoms with Crippen molar-refractivity contribution >= 4 is 12.0 Å². The van der Waals surface area contributed by atoms with E-state index in [1.165, 1.54) is 4.90 Å². The van der Waals surface area contributed by atoms with Crippen molar-refractivity contribution in [2.45, 2.75) is 19.0 Å². The molecule has 0 saturated carbocycles. The third-order valence-corrected chi connectivity index (χ3v) is 2.50. The van der Waals surface area contributed by atoms with Crippen LogP contribution in [0.2, 0.25) is 0 Å². The molecule has 1 rings (SSSR count). The van der Waals surface area contributed by atoms with Crippen LogP contribution in [0, 0.1) is 0 Å². The van der Waals surface area contributed by atoms with E-state index < -0.39 is 18.0 Å². The number of nitrogens with zero attached hydrogens (tertiary/aromatic N) is 2. The first kappa shape index (κ1) is 14.9. The van der Waals surface area contributed by atoms with Crippen molar-refractivity contribution < 1.29 is 19.8 Å². The minimum Gasteiger partial charge on any atom is -0.480 e. The fourth-order valence-corrected chi connectivity index (χ4v) is 1.48. The summed E-state index contributed by atoms with van der Waals surface area (Å²) in [5.41, 5.74) is 0.842. The largest absolute Gasteiger partial charge is 0.480 e. The lowest BCUT2D eigenvalue weighted by Gasteiger charge is -2.21. The fraction of sp³-hybridized carbons (Fsp3) is 0.417. The Balaban J connectivity index is 2.54. The second-order valence-electron chi connectivity index (χ2n) is 4.07. The maximum Gasteiger partial charge on any atom is 0.326 e. The van der Waals surface area contributed by atoms with E-state index in [1.807, 2.05) is 6.07 Å². The highest BCUT2D eigenvalue weighted by Crippen LogP contribution is 2.02. The first-order valence-electron chi connectivity index (χ1n) is 5.78. The Bertz CT molecular complexity index is 424. The summed E-state index contributed by atoms with van der Waals surface area (Å²) in [6.45, 7) is 0.0225. The predicted octanol–water partition coefficient (Wildman–Crippen LogP) is 0.0586. The zero-order chi connectivity index (χ0) is 14.3. The van der Waals surface area contributed by atoms with Gasteiger partial charge in [0.15, 0.2) is 0 Å². The molecule has 0 aliphatic rings. The van der Waals surface area contributed by atoms with Crippen LogP contribution in [0.15, 0.2) is 24.5 Å². The highest BCUT2D eigenvalue weighted by Gasteiger charge is 2.21. The lowest BCUT2D eigenvalue weighted by Crippen LogP contribution is -2.46. The number of aliphatic hydroxyl groups excluding tert-OH is 1. The maximum atomic E-state index is 11.8. The molecule has 0 fully saturated rings. The molecule has 19 heavy (non-hydrogen) atoms. The number of aliphatic carboxylic acids is 1. The van der Waals surface area contributed by atoms with Gasteiger partial charge in [-0.3, -0.25) is 4.98 Å². The number of aliphatic hydroxyl groups is 1. The molecule has 7 heteroatoms. The Labute approximate surface area is 110 Å². The SMILES string of the molecule is CN(Cc1cccnc1)C(=O)NC(CCO)C(=O)O. The Kier molecular flexibility index (Phi) is 5.74. The number of carbonyl (C=O) groups excluding carboxylic acids is 1. The van der Waals surface area contributed by atoms with E-state index >= 15 is 0 Å². The van der Waals surface area contributed by atoms with Crippen LogP contribution in [-0.2, 0) is 11.3 Å². The van der Waals surface area contributed by atoms with Gasteiger partial charge in [-0.05, 0) is 11.6 Å². The van der Waals surface area contributed by atoms with Gasteiger partial charge < -0.3 is 20.4 Å². The number of hydrogen-bond donors (Lipinski definition) is 3. The van der Waals surface area contributed by atoms with E-state index in [4.69, 9.17) is 10.2 Å². The van der Waals surface area contributed by atoms with Crippen LogP contribution in [0.5, 0.6) is 0 Å². The first-order chi connectivity index (χ1) is 9.04. The number of carboxylic acids is 1. The van der Waals surface area contributed by atoms with Gasteiger partial charge in [0.25, 0.3) is 0 Å². The summed E-state index contributed by atoms with van der Waals surface area (Å²) in [5.74, 6) is -1.17. The zero-order valence-corrected chi connectivity index (χ0v) is 10.6. The molecule has 0 spiro atoms. The molecule has 1 aromatic rings. The third kappa shape index (κ3) is 4.92. The van der Waals surface area contributed by atoms with Crippen LogP contribution in [0.3, 0.4) is 0 Å². The second-order valence-corrected chi connectivity index (χ2v) is 4.07. The molecule has 1 aromatic heterocycles. The number of urea groups is 1. The lowest BCUT2D eigenvalue weighted by atomic mass is 10.2. The third-order valence-electron chi connectivity index (χ3n) is 2.50. The highest BCUT2D eigenvalue weighted by atomic mass is 16.4. The van der Waals surface area contributed by atoms with Gasteiger partial charge in [-0.15, -0.1) is 0 Å². The van der Waals surface area contributed by atoms with Gasteiger partial charge in [0.2, 0.25) is 0 Å². The number of carbonyl (C=O) groups is 2. The minimum absolute atomic E-state index is 0.0260. The standard InChI is InChI=1S/C12H17N3O4/c1-15(8-9-3-2-5-13-7-9)12(19)14-10(4-6-16)11(17)18/h2-3,5,7,10,16H,4,6,8H2,1H3,(H,14,19)(H,17,18). The highest BCUT2D eigenvalue weighted by molar-refractivity contribution is 5.82.